The number of hydrogen-bond acceptors (Lipinski definition) is 3. The molecule has 1 saturated heterocycles. The monoisotopic (exact) mass is 201 g/mol. The lowest BCUT2D eigenvalue weighted by Gasteiger charge is -2.45. The van der Waals surface area contributed by atoms with Crippen molar-refractivity contribution in [1.29, 1.82) is 0 Å². The molecule has 4 heteroatoms. The first-order chi connectivity index (χ1) is 6.37. The van der Waals surface area contributed by atoms with Crippen molar-refractivity contribution in [3.63, 3.8) is 0 Å². The molecule has 0 radical (unpaired) electrons. The van der Waals surface area contributed by atoms with Crippen molar-refractivity contribution < 1.29 is 14.6 Å². The third kappa shape index (κ3) is 2.25. The molecule has 0 aromatic heterocycles. The Kier molecular flexibility index (Phi) is 3.17. The third-order valence-electron chi connectivity index (χ3n) is 3.18. The highest BCUT2D eigenvalue weighted by molar-refractivity contribution is 5.68. The van der Waals surface area contributed by atoms with Gasteiger partial charge in [0.15, 0.2) is 0 Å². The molecule has 0 aliphatic carbocycles. The minimum atomic E-state index is -0.797. The van der Waals surface area contributed by atoms with Gasteiger partial charge in [-0.3, -0.25) is 4.79 Å². The van der Waals surface area contributed by atoms with Crippen LogP contribution in [0.3, 0.4) is 0 Å². The molecule has 1 heterocycles. The third-order valence-corrected chi connectivity index (χ3v) is 3.18. The van der Waals surface area contributed by atoms with Crippen LogP contribution < -0.4 is 5.73 Å². The largest absolute Gasteiger partial charge is 0.481 e. The van der Waals surface area contributed by atoms with Crippen molar-refractivity contribution in [3.8, 4) is 0 Å². The highest BCUT2D eigenvalue weighted by atomic mass is 16.5. The standard InChI is InChI=1S/C10H19NO3/c1-9(2,11)10(6-8(12)13)4-3-5-14-7-10/h3-7,11H2,1-2H3,(H,12,13). The van der Waals surface area contributed by atoms with E-state index in [9.17, 15) is 4.79 Å². The van der Waals surface area contributed by atoms with E-state index < -0.39 is 16.9 Å². The molecule has 82 valence electrons. The van der Waals surface area contributed by atoms with E-state index in [1.807, 2.05) is 13.8 Å². The Labute approximate surface area is 84.4 Å². The molecule has 0 aromatic carbocycles. The van der Waals surface area contributed by atoms with Gasteiger partial charge in [0.25, 0.3) is 0 Å². The number of hydrogen-bond donors (Lipinski definition) is 2. The second-order valence-electron chi connectivity index (χ2n) is 4.73. The molecule has 0 spiro atoms. The summed E-state index contributed by atoms with van der Waals surface area (Å²) in [5.74, 6) is -0.797. The average Bonchev–Trinajstić information content (AvgIpc) is 2.02. The SMILES string of the molecule is CC(C)(N)C1(CC(=O)O)CCCOC1. The number of carboxylic acids is 1. The minimum Gasteiger partial charge on any atom is -0.481 e. The van der Waals surface area contributed by atoms with Gasteiger partial charge in [-0.2, -0.15) is 0 Å². The summed E-state index contributed by atoms with van der Waals surface area (Å²) < 4.78 is 5.37. The Morgan fingerprint density at radius 3 is 2.64 bits per heavy atom. The zero-order valence-corrected chi connectivity index (χ0v) is 8.88. The van der Waals surface area contributed by atoms with Crippen LogP contribution in [0.5, 0.6) is 0 Å². The lowest BCUT2D eigenvalue weighted by Crippen LogP contribution is -2.55. The Balaban J connectivity index is 2.83. The quantitative estimate of drug-likeness (QED) is 0.714. The molecule has 0 saturated carbocycles. The van der Waals surface area contributed by atoms with Gasteiger partial charge >= 0.3 is 5.97 Å². The molecule has 4 nitrogen and oxygen atoms in total. The number of ether oxygens (including phenoxy) is 1. The molecular weight excluding hydrogens is 182 g/mol. The van der Waals surface area contributed by atoms with Gasteiger partial charge < -0.3 is 15.6 Å². The summed E-state index contributed by atoms with van der Waals surface area (Å²) >= 11 is 0. The maximum atomic E-state index is 10.8. The molecule has 1 atom stereocenters. The van der Waals surface area contributed by atoms with E-state index in [2.05, 4.69) is 0 Å². The topological polar surface area (TPSA) is 72.6 Å². The van der Waals surface area contributed by atoms with E-state index in [1.165, 1.54) is 0 Å². The summed E-state index contributed by atoms with van der Waals surface area (Å²) in [6.45, 7) is 4.94. The first-order valence-corrected chi connectivity index (χ1v) is 4.96. The van der Waals surface area contributed by atoms with Gasteiger partial charge in [0.1, 0.15) is 0 Å². The van der Waals surface area contributed by atoms with Crippen LogP contribution in [0, 0.1) is 5.41 Å². The molecule has 3 N–H and O–H groups in total. The second-order valence-corrected chi connectivity index (χ2v) is 4.73. The molecule has 1 aliphatic rings. The minimum absolute atomic E-state index is 0.0938. The van der Waals surface area contributed by atoms with Crippen LogP contribution >= 0.6 is 0 Å². The lowest BCUT2D eigenvalue weighted by atomic mass is 9.66. The smallest absolute Gasteiger partial charge is 0.304 e. The van der Waals surface area contributed by atoms with Crippen LogP contribution in [0.15, 0.2) is 0 Å². The van der Waals surface area contributed by atoms with E-state index in [1.54, 1.807) is 0 Å². The lowest BCUT2D eigenvalue weighted by molar-refractivity contribution is -0.145. The Hall–Kier alpha value is -0.610. The predicted octanol–water partition coefficient (Wildman–Crippen LogP) is 0.995. The van der Waals surface area contributed by atoms with E-state index >= 15 is 0 Å². The van der Waals surface area contributed by atoms with Crippen LogP contribution in [0.25, 0.3) is 0 Å². The van der Waals surface area contributed by atoms with Crippen molar-refractivity contribution in [2.24, 2.45) is 11.1 Å². The van der Waals surface area contributed by atoms with Crippen molar-refractivity contribution >= 4 is 5.97 Å². The van der Waals surface area contributed by atoms with E-state index in [4.69, 9.17) is 15.6 Å². The zero-order valence-electron chi connectivity index (χ0n) is 8.88. The van der Waals surface area contributed by atoms with Gasteiger partial charge in [-0.1, -0.05) is 0 Å². The van der Waals surface area contributed by atoms with Gasteiger partial charge in [0.2, 0.25) is 0 Å². The molecule has 0 aromatic rings. The Morgan fingerprint density at radius 2 is 2.29 bits per heavy atom. The number of nitrogens with two attached hydrogens (primary N) is 1. The van der Waals surface area contributed by atoms with Crippen molar-refractivity contribution in [2.75, 3.05) is 13.2 Å². The van der Waals surface area contributed by atoms with Crippen LogP contribution in [0.2, 0.25) is 0 Å². The van der Waals surface area contributed by atoms with E-state index in [0.717, 1.165) is 19.4 Å². The van der Waals surface area contributed by atoms with Crippen LogP contribution in [-0.4, -0.2) is 29.8 Å². The van der Waals surface area contributed by atoms with Crippen molar-refractivity contribution in [2.45, 2.75) is 38.6 Å². The summed E-state index contributed by atoms with van der Waals surface area (Å²) in [7, 11) is 0. The van der Waals surface area contributed by atoms with Gasteiger partial charge in [-0.25, -0.2) is 0 Å². The van der Waals surface area contributed by atoms with E-state index in [0.29, 0.717) is 6.61 Å². The van der Waals surface area contributed by atoms with Crippen molar-refractivity contribution in [1.82, 2.24) is 0 Å². The van der Waals surface area contributed by atoms with Gasteiger partial charge in [0.05, 0.1) is 13.0 Å². The maximum Gasteiger partial charge on any atom is 0.304 e. The van der Waals surface area contributed by atoms with Crippen molar-refractivity contribution in [3.05, 3.63) is 0 Å². The fourth-order valence-electron chi connectivity index (χ4n) is 2.02. The molecule has 1 unspecified atom stereocenters. The highest BCUT2D eigenvalue weighted by Crippen LogP contribution is 2.40. The fourth-order valence-corrected chi connectivity index (χ4v) is 2.02. The number of carbonyl (C=O) groups is 1. The Bertz CT molecular complexity index is 214. The van der Waals surface area contributed by atoms with Gasteiger partial charge in [-0.15, -0.1) is 0 Å². The summed E-state index contributed by atoms with van der Waals surface area (Å²) in [6.07, 6.45) is 1.83. The summed E-state index contributed by atoms with van der Waals surface area (Å²) in [4.78, 5) is 10.8. The average molecular weight is 201 g/mol. The second kappa shape index (κ2) is 3.87. The molecule has 14 heavy (non-hydrogen) atoms. The maximum absolute atomic E-state index is 10.8. The normalized spacial score (nSPS) is 28.8. The summed E-state index contributed by atoms with van der Waals surface area (Å²) in [5.41, 5.74) is 5.14. The number of aliphatic carboxylic acids is 1. The van der Waals surface area contributed by atoms with Gasteiger partial charge in [0, 0.05) is 17.6 Å². The zero-order chi connectivity index (χ0) is 10.8. The Morgan fingerprint density at radius 1 is 1.64 bits per heavy atom. The van der Waals surface area contributed by atoms with Crippen LogP contribution in [0.1, 0.15) is 33.1 Å². The molecule has 1 rings (SSSR count). The molecule has 0 bridgehead atoms. The van der Waals surface area contributed by atoms with Crippen LogP contribution in [-0.2, 0) is 9.53 Å². The van der Waals surface area contributed by atoms with Crippen LogP contribution in [0.4, 0.5) is 0 Å². The molecular formula is C10H19NO3. The summed E-state index contributed by atoms with van der Waals surface area (Å²) in [5, 5.41) is 8.88. The number of rotatable bonds is 3. The molecule has 0 amide bonds. The molecule has 1 aliphatic heterocycles. The highest BCUT2D eigenvalue weighted by Gasteiger charge is 2.45. The fraction of sp³-hybridized carbons (Fsp3) is 0.900. The number of carboxylic acid groups (broad SMARTS) is 1. The predicted molar refractivity (Wildman–Crippen MR) is 53.0 cm³/mol. The summed E-state index contributed by atoms with van der Waals surface area (Å²) in [6, 6.07) is 0. The first-order valence-electron chi connectivity index (χ1n) is 4.96. The first kappa shape index (κ1) is 11.5. The van der Waals surface area contributed by atoms with Gasteiger partial charge in [-0.05, 0) is 26.7 Å². The van der Waals surface area contributed by atoms with E-state index in [-0.39, 0.29) is 6.42 Å². The molecule has 1 fully saturated rings.